The van der Waals surface area contributed by atoms with E-state index >= 15 is 0 Å². The monoisotopic (exact) mass is 276 g/mol. The van der Waals surface area contributed by atoms with E-state index in [1.807, 2.05) is 6.20 Å². The summed E-state index contributed by atoms with van der Waals surface area (Å²) in [6.07, 6.45) is 7.21. The maximum Gasteiger partial charge on any atom is 0.0809 e. The lowest BCUT2D eigenvalue weighted by Gasteiger charge is -2.20. The zero-order valence-corrected chi connectivity index (χ0v) is 13.0. The smallest absolute Gasteiger partial charge is 0.0809 e. The van der Waals surface area contributed by atoms with Crippen molar-refractivity contribution in [3.05, 3.63) is 29.3 Å². The fourth-order valence-corrected chi connectivity index (χ4v) is 3.19. The highest BCUT2D eigenvalue weighted by molar-refractivity contribution is 7.17. The Morgan fingerprint density at radius 3 is 2.95 bits per heavy atom. The van der Waals surface area contributed by atoms with Gasteiger partial charge in [-0.05, 0) is 43.3 Å². The van der Waals surface area contributed by atoms with Gasteiger partial charge in [-0.3, -0.25) is 4.98 Å². The number of rotatable bonds is 7. The van der Waals surface area contributed by atoms with Crippen molar-refractivity contribution in [1.82, 2.24) is 10.3 Å². The Labute approximate surface area is 120 Å². The van der Waals surface area contributed by atoms with Gasteiger partial charge in [-0.25, -0.2) is 0 Å². The summed E-state index contributed by atoms with van der Waals surface area (Å²) in [4.78, 5) is 4.52. The van der Waals surface area contributed by atoms with Crippen molar-refractivity contribution in [2.24, 2.45) is 0 Å². The molecule has 2 aromatic rings. The molecule has 0 bridgehead atoms. The van der Waals surface area contributed by atoms with Crippen LogP contribution in [0, 0.1) is 0 Å². The highest BCUT2D eigenvalue weighted by Gasteiger charge is 2.10. The number of fused-ring (bicyclic) bond motifs is 1. The van der Waals surface area contributed by atoms with Gasteiger partial charge in [-0.2, -0.15) is 0 Å². The number of unbranched alkanes of at least 4 members (excludes halogenated alkanes) is 2. The summed E-state index contributed by atoms with van der Waals surface area (Å²) < 4.78 is 1.28. The molecule has 0 radical (unpaired) electrons. The van der Waals surface area contributed by atoms with Crippen molar-refractivity contribution in [2.75, 3.05) is 0 Å². The summed E-state index contributed by atoms with van der Waals surface area (Å²) in [5.74, 6) is 0. The molecule has 0 aliphatic heterocycles. The standard InChI is InChI=1S/C16H24N2S/c1-4-5-6-7-12(2)18-13(3)14-10-16-15(17-11-14)8-9-19-16/h8-13,18H,4-7H2,1-3H3. The molecule has 0 saturated carbocycles. The van der Waals surface area contributed by atoms with Crippen LogP contribution in [0.1, 0.15) is 58.1 Å². The Balaban J connectivity index is 1.92. The van der Waals surface area contributed by atoms with Gasteiger partial charge in [0.15, 0.2) is 0 Å². The molecule has 0 aliphatic rings. The van der Waals surface area contributed by atoms with Gasteiger partial charge in [-0.1, -0.05) is 26.2 Å². The van der Waals surface area contributed by atoms with Gasteiger partial charge in [0.05, 0.1) is 10.2 Å². The lowest BCUT2D eigenvalue weighted by atomic mass is 10.1. The van der Waals surface area contributed by atoms with Gasteiger partial charge in [-0.15, -0.1) is 11.3 Å². The topological polar surface area (TPSA) is 24.9 Å². The predicted octanol–water partition coefficient (Wildman–Crippen LogP) is 4.92. The van der Waals surface area contributed by atoms with Crippen LogP contribution in [-0.4, -0.2) is 11.0 Å². The third-order valence-electron chi connectivity index (χ3n) is 3.60. The molecule has 104 valence electrons. The number of nitrogens with one attached hydrogen (secondary N) is 1. The minimum Gasteiger partial charge on any atom is -0.308 e. The molecular weight excluding hydrogens is 252 g/mol. The average molecular weight is 276 g/mol. The number of hydrogen-bond donors (Lipinski definition) is 1. The Kier molecular flexibility index (Phi) is 5.34. The van der Waals surface area contributed by atoms with Crippen LogP contribution in [0.3, 0.4) is 0 Å². The maximum absolute atomic E-state index is 4.52. The molecule has 0 aromatic carbocycles. The normalized spacial score (nSPS) is 14.7. The second-order valence-corrected chi connectivity index (χ2v) is 6.31. The van der Waals surface area contributed by atoms with E-state index in [2.05, 4.69) is 48.6 Å². The number of nitrogens with zero attached hydrogens (tertiary/aromatic N) is 1. The lowest BCUT2D eigenvalue weighted by molar-refractivity contribution is 0.440. The van der Waals surface area contributed by atoms with Crippen LogP contribution in [0.5, 0.6) is 0 Å². The summed E-state index contributed by atoms with van der Waals surface area (Å²) >= 11 is 1.76. The zero-order valence-electron chi connectivity index (χ0n) is 12.1. The number of thiophene rings is 1. The van der Waals surface area contributed by atoms with Crippen LogP contribution < -0.4 is 5.32 Å². The molecule has 2 heterocycles. The molecule has 0 fully saturated rings. The van der Waals surface area contributed by atoms with Crippen molar-refractivity contribution in [3.8, 4) is 0 Å². The molecule has 3 heteroatoms. The molecule has 2 nitrogen and oxygen atoms in total. The largest absolute Gasteiger partial charge is 0.308 e. The van der Waals surface area contributed by atoms with Gasteiger partial charge in [0.2, 0.25) is 0 Å². The number of hydrogen-bond acceptors (Lipinski definition) is 3. The lowest BCUT2D eigenvalue weighted by Crippen LogP contribution is -2.28. The Morgan fingerprint density at radius 2 is 2.16 bits per heavy atom. The number of aromatic nitrogens is 1. The van der Waals surface area contributed by atoms with Crippen LogP contribution in [-0.2, 0) is 0 Å². The van der Waals surface area contributed by atoms with Crippen LogP contribution in [0.15, 0.2) is 23.7 Å². The fraction of sp³-hybridized carbons (Fsp3) is 0.562. The molecule has 0 amide bonds. The summed E-state index contributed by atoms with van der Waals surface area (Å²) in [6, 6.07) is 5.29. The van der Waals surface area contributed by atoms with Gasteiger partial charge in [0.1, 0.15) is 0 Å². The molecule has 2 rings (SSSR count). The quantitative estimate of drug-likeness (QED) is 0.726. The van der Waals surface area contributed by atoms with E-state index < -0.39 is 0 Å². The highest BCUT2D eigenvalue weighted by Crippen LogP contribution is 2.23. The minimum atomic E-state index is 0.371. The summed E-state index contributed by atoms with van der Waals surface area (Å²) in [5.41, 5.74) is 2.40. The summed E-state index contributed by atoms with van der Waals surface area (Å²) in [5, 5.41) is 5.78. The fourth-order valence-electron chi connectivity index (χ4n) is 2.41. The molecule has 0 saturated heterocycles. The van der Waals surface area contributed by atoms with Gasteiger partial charge in [0, 0.05) is 18.3 Å². The van der Waals surface area contributed by atoms with E-state index in [9.17, 15) is 0 Å². The maximum atomic E-state index is 4.52. The third kappa shape index (κ3) is 4.02. The molecule has 19 heavy (non-hydrogen) atoms. The molecule has 0 aliphatic carbocycles. The van der Waals surface area contributed by atoms with Gasteiger partial charge < -0.3 is 5.32 Å². The first-order chi connectivity index (χ1) is 9.20. The highest BCUT2D eigenvalue weighted by atomic mass is 32.1. The van der Waals surface area contributed by atoms with E-state index in [4.69, 9.17) is 0 Å². The molecule has 2 aromatic heterocycles. The van der Waals surface area contributed by atoms with E-state index in [0.29, 0.717) is 12.1 Å². The second kappa shape index (κ2) is 7.01. The van der Waals surface area contributed by atoms with Crippen LogP contribution >= 0.6 is 11.3 Å². The first kappa shape index (κ1) is 14.5. The van der Waals surface area contributed by atoms with E-state index in [1.54, 1.807) is 11.3 Å². The Morgan fingerprint density at radius 1 is 1.32 bits per heavy atom. The van der Waals surface area contributed by atoms with Crippen molar-refractivity contribution < 1.29 is 0 Å². The number of pyridine rings is 1. The first-order valence-corrected chi connectivity index (χ1v) is 8.18. The van der Waals surface area contributed by atoms with Crippen LogP contribution in [0.4, 0.5) is 0 Å². The van der Waals surface area contributed by atoms with E-state index in [1.165, 1.54) is 35.9 Å². The second-order valence-electron chi connectivity index (χ2n) is 5.36. The molecule has 0 spiro atoms. The SMILES string of the molecule is CCCCCC(C)NC(C)c1cnc2ccsc2c1. The van der Waals surface area contributed by atoms with Crippen molar-refractivity contribution in [3.63, 3.8) is 0 Å². The molecule has 2 unspecified atom stereocenters. The average Bonchev–Trinajstić information content (AvgIpc) is 2.86. The van der Waals surface area contributed by atoms with Crippen LogP contribution in [0.25, 0.3) is 10.2 Å². The van der Waals surface area contributed by atoms with Crippen LogP contribution in [0.2, 0.25) is 0 Å². The summed E-state index contributed by atoms with van der Waals surface area (Å²) in [6.45, 7) is 6.76. The van der Waals surface area contributed by atoms with Gasteiger partial charge >= 0.3 is 0 Å². The van der Waals surface area contributed by atoms with E-state index in [-0.39, 0.29) is 0 Å². The Hall–Kier alpha value is -0.930. The zero-order chi connectivity index (χ0) is 13.7. The molecule has 1 N–H and O–H groups in total. The Bertz CT molecular complexity index is 506. The van der Waals surface area contributed by atoms with Crippen molar-refractivity contribution >= 4 is 21.6 Å². The summed E-state index contributed by atoms with van der Waals surface area (Å²) in [7, 11) is 0. The van der Waals surface area contributed by atoms with Crippen molar-refractivity contribution in [2.45, 2.75) is 58.5 Å². The van der Waals surface area contributed by atoms with Crippen molar-refractivity contribution in [1.29, 1.82) is 0 Å². The molecule has 2 atom stereocenters. The molecular formula is C16H24N2S. The predicted molar refractivity (Wildman–Crippen MR) is 84.8 cm³/mol. The van der Waals surface area contributed by atoms with Gasteiger partial charge in [0.25, 0.3) is 0 Å². The first-order valence-electron chi connectivity index (χ1n) is 7.30. The third-order valence-corrected chi connectivity index (χ3v) is 4.45. The minimum absolute atomic E-state index is 0.371. The van der Waals surface area contributed by atoms with E-state index in [0.717, 1.165) is 5.52 Å².